The van der Waals surface area contributed by atoms with Gasteiger partial charge in [-0.1, -0.05) is 72.8 Å². The molecule has 0 radical (unpaired) electrons. The molecule has 0 amide bonds. The lowest BCUT2D eigenvalue weighted by Gasteiger charge is -2.26. The van der Waals surface area contributed by atoms with Crippen molar-refractivity contribution in [3.63, 3.8) is 0 Å². The van der Waals surface area contributed by atoms with Crippen LogP contribution >= 0.6 is 11.8 Å². The fourth-order valence-corrected chi connectivity index (χ4v) is 4.11. The van der Waals surface area contributed by atoms with Gasteiger partial charge < -0.3 is 4.90 Å². The Hall–Kier alpha value is -3.57. The number of hydrogen-bond acceptors (Lipinski definition) is 4. The second-order valence-corrected chi connectivity index (χ2v) is 7.69. The molecule has 4 rings (SSSR count). The van der Waals surface area contributed by atoms with Crippen molar-refractivity contribution < 1.29 is 0 Å². The van der Waals surface area contributed by atoms with Crippen LogP contribution in [0.15, 0.2) is 113 Å². The Morgan fingerprint density at radius 2 is 1.52 bits per heavy atom. The molecule has 31 heavy (non-hydrogen) atoms. The summed E-state index contributed by atoms with van der Waals surface area (Å²) >= 11 is 1.41. The first-order chi connectivity index (χ1) is 15.2. The predicted molar refractivity (Wildman–Crippen MR) is 131 cm³/mol. The molecule has 0 bridgehead atoms. The van der Waals surface area contributed by atoms with Crippen molar-refractivity contribution in [1.82, 2.24) is 9.55 Å². The van der Waals surface area contributed by atoms with E-state index in [0.717, 1.165) is 16.9 Å². The molecular formula is C26H23N3OS. The highest BCUT2D eigenvalue weighted by Gasteiger charge is 2.22. The standard InChI is InChI=1S/C26H23N3OS/c1-3-19-28(21-15-9-5-10-16-21)25-23(31-2)26(30)29(22-17-11-6-12-18-22)24(27-25)20-13-7-4-8-14-20/h3-18H,1,19H2,2H3. The van der Waals surface area contributed by atoms with E-state index in [1.54, 1.807) is 4.57 Å². The number of aromatic nitrogens is 2. The van der Waals surface area contributed by atoms with Crippen molar-refractivity contribution in [2.45, 2.75) is 4.90 Å². The van der Waals surface area contributed by atoms with Gasteiger partial charge in [0.25, 0.3) is 5.56 Å². The fraction of sp³-hybridized carbons (Fsp3) is 0.0769. The number of hydrogen-bond donors (Lipinski definition) is 0. The van der Waals surface area contributed by atoms with Gasteiger partial charge in [0.05, 0.1) is 5.69 Å². The lowest BCUT2D eigenvalue weighted by molar-refractivity contribution is 0.881. The van der Waals surface area contributed by atoms with Gasteiger partial charge in [-0.15, -0.1) is 18.3 Å². The average Bonchev–Trinajstić information content (AvgIpc) is 2.83. The molecular weight excluding hydrogens is 402 g/mol. The zero-order chi connectivity index (χ0) is 21.6. The zero-order valence-electron chi connectivity index (χ0n) is 17.3. The first-order valence-electron chi connectivity index (χ1n) is 10.00. The van der Waals surface area contributed by atoms with E-state index in [2.05, 4.69) is 6.58 Å². The minimum Gasteiger partial charge on any atom is -0.321 e. The molecule has 0 spiro atoms. The normalized spacial score (nSPS) is 10.6. The highest BCUT2D eigenvalue weighted by atomic mass is 32.2. The molecule has 0 unspecified atom stereocenters. The minimum absolute atomic E-state index is 0.0902. The van der Waals surface area contributed by atoms with Gasteiger partial charge in [0.1, 0.15) is 10.7 Å². The van der Waals surface area contributed by atoms with Crippen LogP contribution in [0.2, 0.25) is 0 Å². The third kappa shape index (κ3) is 4.18. The van der Waals surface area contributed by atoms with Gasteiger partial charge in [-0.25, -0.2) is 4.98 Å². The molecule has 0 aliphatic heterocycles. The van der Waals surface area contributed by atoms with Crippen LogP contribution in [0.4, 0.5) is 11.5 Å². The third-order valence-electron chi connectivity index (χ3n) is 4.91. The Balaban J connectivity index is 2.05. The molecule has 0 saturated carbocycles. The first-order valence-corrected chi connectivity index (χ1v) is 11.2. The molecule has 1 heterocycles. The monoisotopic (exact) mass is 425 g/mol. The van der Waals surface area contributed by atoms with Crippen molar-refractivity contribution in [3.8, 4) is 17.1 Å². The summed E-state index contributed by atoms with van der Waals surface area (Å²) < 4.78 is 1.70. The van der Waals surface area contributed by atoms with E-state index < -0.39 is 0 Å². The van der Waals surface area contributed by atoms with Gasteiger partial charge in [-0.3, -0.25) is 9.36 Å². The number of anilines is 2. The summed E-state index contributed by atoms with van der Waals surface area (Å²) in [6.45, 7) is 4.45. The average molecular weight is 426 g/mol. The van der Waals surface area contributed by atoms with E-state index in [1.807, 2.05) is 108 Å². The van der Waals surface area contributed by atoms with E-state index in [1.165, 1.54) is 11.8 Å². The van der Waals surface area contributed by atoms with Crippen LogP contribution in [0.3, 0.4) is 0 Å². The zero-order valence-corrected chi connectivity index (χ0v) is 18.1. The van der Waals surface area contributed by atoms with Crippen LogP contribution in [0.25, 0.3) is 17.1 Å². The molecule has 0 aliphatic rings. The summed E-state index contributed by atoms with van der Waals surface area (Å²) in [6.07, 6.45) is 3.74. The van der Waals surface area contributed by atoms with E-state index in [0.29, 0.717) is 23.1 Å². The Morgan fingerprint density at radius 3 is 2.10 bits per heavy atom. The second-order valence-electron chi connectivity index (χ2n) is 6.87. The maximum atomic E-state index is 13.8. The summed E-state index contributed by atoms with van der Waals surface area (Å²) in [4.78, 5) is 21.5. The molecule has 0 saturated heterocycles. The number of nitrogens with zero attached hydrogens (tertiary/aromatic N) is 3. The van der Waals surface area contributed by atoms with Gasteiger partial charge in [0.2, 0.25) is 0 Å². The maximum Gasteiger partial charge on any atom is 0.274 e. The maximum absolute atomic E-state index is 13.8. The summed E-state index contributed by atoms with van der Waals surface area (Å²) in [5.74, 6) is 1.24. The van der Waals surface area contributed by atoms with Gasteiger partial charge in [-0.05, 0) is 30.5 Å². The Morgan fingerprint density at radius 1 is 0.935 bits per heavy atom. The van der Waals surface area contributed by atoms with Crippen LogP contribution in [-0.2, 0) is 0 Å². The predicted octanol–water partition coefficient (Wildman–Crippen LogP) is 5.95. The quantitative estimate of drug-likeness (QED) is 0.271. The molecule has 0 aliphatic carbocycles. The molecule has 0 N–H and O–H groups in total. The highest BCUT2D eigenvalue weighted by Crippen LogP contribution is 2.33. The van der Waals surface area contributed by atoms with Crippen molar-refractivity contribution >= 4 is 23.3 Å². The fourth-order valence-electron chi connectivity index (χ4n) is 3.50. The minimum atomic E-state index is -0.0902. The number of para-hydroxylation sites is 2. The third-order valence-corrected chi connectivity index (χ3v) is 5.68. The highest BCUT2D eigenvalue weighted by molar-refractivity contribution is 7.98. The molecule has 3 aromatic carbocycles. The summed E-state index contributed by atoms with van der Waals surface area (Å²) in [6, 6.07) is 29.4. The second kappa shape index (κ2) is 9.49. The summed E-state index contributed by atoms with van der Waals surface area (Å²) in [7, 11) is 0. The van der Waals surface area contributed by atoms with Crippen LogP contribution in [-0.4, -0.2) is 22.4 Å². The van der Waals surface area contributed by atoms with Crippen molar-refractivity contribution in [1.29, 1.82) is 0 Å². The number of thioether (sulfide) groups is 1. The molecule has 0 fully saturated rings. The van der Waals surface area contributed by atoms with Crippen LogP contribution < -0.4 is 10.5 Å². The van der Waals surface area contributed by atoms with Crippen LogP contribution in [0, 0.1) is 0 Å². The smallest absolute Gasteiger partial charge is 0.274 e. The van der Waals surface area contributed by atoms with Crippen molar-refractivity contribution in [2.75, 3.05) is 17.7 Å². The lowest BCUT2D eigenvalue weighted by Crippen LogP contribution is -2.28. The van der Waals surface area contributed by atoms with E-state index >= 15 is 0 Å². The van der Waals surface area contributed by atoms with E-state index in [4.69, 9.17) is 4.98 Å². The molecule has 154 valence electrons. The van der Waals surface area contributed by atoms with E-state index in [-0.39, 0.29) is 5.56 Å². The SMILES string of the molecule is C=CCN(c1ccccc1)c1nc(-c2ccccc2)n(-c2ccccc2)c(=O)c1SC. The number of benzene rings is 3. The molecule has 1 aromatic heterocycles. The lowest BCUT2D eigenvalue weighted by atomic mass is 10.2. The van der Waals surface area contributed by atoms with Gasteiger partial charge in [-0.2, -0.15) is 0 Å². The summed E-state index contributed by atoms with van der Waals surface area (Å²) in [5, 5.41) is 0. The Kier molecular flexibility index (Phi) is 6.34. The molecule has 4 nitrogen and oxygen atoms in total. The molecule has 4 aromatic rings. The van der Waals surface area contributed by atoms with Gasteiger partial charge >= 0.3 is 0 Å². The molecule has 5 heteroatoms. The van der Waals surface area contributed by atoms with Gasteiger partial charge in [0.15, 0.2) is 5.82 Å². The summed E-state index contributed by atoms with van der Waals surface area (Å²) in [5.41, 5.74) is 2.54. The van der Waals surface area contributed by atoms with Crippen LogP contribution in [0.5, 0.6) is 0 Å². The Bertz CT molecular complexity index is 1220. The Labute approximate surface area is 186 Å². The largest absolute Gasteiger partial charge is 0.321 e. The van der Waals surface area contributed by atoms with E-state index in [9.17, 15) is 4.79 Å². The topological polar surface area (TPSA) is 38.1 Å². The van der Waals surface area contributed by atoms with Crippen LogP contribution in [0.1, 0.15) is 0 Å². The number of rotatable bonds is 7. The van der Waals surface area contributed by atoms with Crippen molar-refractivity contribution in [3.05, 3.63) is 114 Å². The first kappa shape index (κ1) is 20.7. The van der Waals surface area contributed by atoms with Crippen molar-refractivity contribution in [2.24, 2.45) is 0 Å². The van der Waals surface area contributed by atoms with Gasteiger partial charge in [0, 0.05) is 17.8 Å². The molecule has 0 atom stereocenters.